The number of fused-ring (bicyclic) bond motifs is 1. The Labute approximate surface area is 153 Å². The Morgan fingerprint density at radius 3 is 3.04 bits per heavy atom. The quantitative estimate of drug-likeness (QED) is 0.230. The molecule has 0 saturated heterocycles. The third-order valence-electron chi connectivity index (χ3n) is 4.05. The maximum Gasteiger partial charge on any atom is 0.287 e. The predicted octanol–water partition coefficient (Wildman–Crippen LogP) is 0.107. The van der Waals surface area contributed by atoms with Crippen molar-refractivity contribution in [2.45, 2.75) is 25.4 Å². The number of hydrogen-bond acceptors (Lipinski definition) is 8. The van der Waals surface area contributed by atoms with Crippen LogP contribution in [-0.4, -0.2) is 51.6 Å². The summed E-state index contributed by atoms with van der Waals surface area (Å²) in [4.78, 5) is 11.1. The van der Waals surface area contributed by atoms with Crippen molar-refractivity contribution >= 4 is 11.7 Å². The summed E-state index contributed by atoms with van der Waals surface area (Å²) in [5.74, 6) is -0.835. The number of rotatable bonds is 7. The number of ether oxygens (including phenoxy) is 1. The van der Waals surface area contributed by atoms with Gasteiger partial charge < -0.3 is 25.7 Å². The molecular weight excluding hydrogens is 361 g/mol. The van der Waals surface area contributed by atoms with E-state index in [1.165, 1.54) is 19.1 Å². The Hall–Kier alpha value is -3.21. The van der Waals surface area contributed by atoms with E-state index in [0.29, 0.717) is 6.42 Å². The number of aliphatic hydroxyl groups is 1. The molecule has 27 heavy (non-hydrogen) atoms. The highest BCUT2D eigenvalue weighted by Crippen LogP contribution is 2.33. The van der Waals surface area contributed by atoms with Crippen LogP contribution in [0.4, 0.5) is 4.39 Å². The summed E-state index contributed by atoms with van der Waals surface area (Å²) in [7, 11) is 0. The topological polar surface area (TPSA) is 142 Å². The number of aliphatic hydroxyl groups excluding tert-OH is 1. The Balaban J connectivity index is 1.67. The molecule has 1 aliphatic carbocycles. The number of halogens is 1. The lowest BCUT2D eigenvalue weighted by molar-refractivity contribution is -0.120. The number of nitrogens with one attached hydrogen (secondary N) is 2. The normalized spacial score (nSPS) is 16.9. The van der Waals surface area contributed by atoms with Crippen LogP contribution in [0.25, 0.3) is 0 Å². The maximum absolute atomic E-state index is 13.4. The second kappa shape index (κ2) is 7.99. The second-order valence-corrected chi connectivity index (χ2v) is 6.00. The van der Waals surface area contributed by atoms with Gasteiger partial charge >= 0.3 is 0 Å². The van der Waals surface area contributed by atoms with Crippen molar-refractivity contribution in [3.63, 3.8) is 0 Å². The summed E-state index contributed by atoms with van der Waals surface area (Å²) in [6.07, 6.45) is 0.616. The highest BCUT2D eigenvalue weighted by Gasteiger charge is 2.30. The lowest BCUT2D eigenvalue weighted by atomic mass is 9.83. The second-order valence-electron chi connectivity index (χ2n) is 6.00. The monoisotopic (exact) mass is 379 g/mol. The highest BCUT2D eigenvalue weighted by atomic mass is 19.1. The van der Waals surface area contributed by atoms with Gasteiger partial charge in [-0.15, -0.1) is 0 Å². The minimum atomic E-state index is -0.656. The number of benzene rings is 1. The molecule has 0 saturated carbocycles. The Bertz CT molecular complexity index is 855. The number of nitrogens with zero attached hydrogens (tertiary/aromatic N) is 3. The first kappa shape index (κ1) is 18.6. The van der Waals surface area contributed by atoms with Gasteiger partial charge in [0, 0.05) is 6.92 Å². The van der Waals surface area contributed by atoms with Crippen LogP contribution in [0, 0.1) is 5.82 Å². The fourth-order valence-corrected chi connectivity index (χ4v) is 2.74. The summed E-state index contributed by atoms with van der Waals surface area (Å²) < 4.78 is 23.4. The molecule has 0 spiro atoms. The van der Waals surface area contributed by atoms with Crippen molar-refractivity contribution in [3.8, 4) is 5.88 Å². The molecule has 3 rings (SSSR count). The van der Waals surface area contributed by atoms with E-state index < -0.39 is 6.04 Å². The first-order chi connectivity index (χ1) is 13.0. The van der Waals surface area contributed by atoms with Crippen molar-refractivity contribution in [3.05, 3.63) is 40.8 Å². The van der Waals surface area contributed by atoms with Gasteiger partial charge in [-0.05, 0) is 40.0 Å². The Morgan fingerprint density at radius 2 is 2.33 bits per heavy atom. The fourth-order valence-electron chi connectivity index (χ4n) is 2.74. The molecular formula is C16H18FN5O5. The van der Waals surface area contributed by atoms with Crippen LogP contribution in [0.5, 0.6) is 5.88 Å². The average Bonchev–Trinajstić information content (AvgIpc) is 3.09. The molecule has 0 radical (unpaired) electrons. The van der Waals surface area contributed by atoms with Gasteiger partial charge in [-0.25, -0.2) is 9.02 Å². The van der Waals surface area contributed by atoms with Crippen LogP contribution in [0.1, 0.15) is 29.8 Å². The predicted molar refractivity (Wildman–Crippen MR) is 88.8 cm³/mol. The van der Waals surface area contributed by atoms with Gasteiger partial charge in [0.1, 0.15) is 12.4 Å². The van der Waals surface area contributed by atoms with E-state index in [1.54, 1.807) is 6.07 Å². The van der Waals surface area contributed by atoms with E-state index >= 15 is 0 Å². The smallest absolute Gasteiger partial charge is 0.287 e. The van der Waals surface area contributed by atoms with E-state index in [0.717, 1.165) is 11.1 Å². The third kappa shape index (κ3) is 4.14. The molecule has 1 amide bonds. The minimum absolute atomic E-state index is 0.00173. The molecule has 1 heterocycles. The van der Waals surface area contributed by atoms with Crippen molar-refractivity contribution in [1.29, 1.82) is 0 Å². The number of oxime groups is 1. The van der Waals surface area contributed by atoms with Crippen LogP contribution < -0.4 is 15.4 Å². The number of amides is 1. The summed E-state index contributed by atoms with van der Waals surface area (Å²) >= 11 is 0. The van der Waals surface area contributed by atoms with Crippen LogP contribution in [0.3, 0.4) is 0 Å². The maximum atomic E-state index is 13.4. The number of carbonyl (C=O) groups is 1. The summed E-state index contributed by atoms with van der Waals surface area (Å²) in [6, 6.07) is 3.56. The van der Waals surface area contributed by atoms with E-state index in [1.807, 2.05) is 0 Å². The fraction of sp³-hybridized carbons (Fsp3) is 0.375. The SMILES string of the molecule is CC(=O)N[C@H](CO)COc1nonc1/C(=N/O)N[C@H]1Cc2ccc(F)cc21. The van der Waals surface area contributed by atoms with E-state index in [9.17, 15) is 19.5 Å². The van der Waals surface area contributed by atoms with Gasteiger partial charge in [-0.2, -0.15) is 0 Å². The Kier molecular flexibility index (Phi) is 5.50. The summed E-state index contributed by atoms with van der Waals surface area (Å²) in [5, 5.41) is 34.4. The van der Waals surface area contributed by atoms with Crippen molar-refractivity contribution < 1.29 is 28.9 Å². The number of aromatic nitrogens is 2. The molecule has 0 unspecified atom stereocenters. The lowest BCUT2D eigenvalue weighted by Crippen LogP contribution is -2.41. The first-order valence-corrected chi connectivity index (χ1v) is 8.12. The van der Waals surface area contributed by atoms with Crippen molar-refractivity contribution in [2.24, 2.45) is 5.16 Å². The van der Waals surface area contributed by atoms with Gasteiger partial charge in [-0.3, -0.25) is 4.79 Å². The molecule has 1 aliphatic rings. The standard InChI is InChI=1S/C16H18FN5O5/c1-8(24)18-11(6-23)7-26-16-14(21-27-22-16)15(20-25)19-13-4-9-2-3-10(17)5-12(9)13/h2-3,5,11,13,23,25H,4,6-7H2,1H3,(H,18,24)(H,19,20)/t11-,13+/m1/s1. The number of amidine groups is 1. The van der Waals surface area contributed by atoms with E-state index in [2.05, 4.69) is 30.7 Å². The van der Waals surface area contributed by atoms with Gasteiger partial charge in [0.05, 0.1) is 18.7 Å². The molecule has 0 bridgehead atoms. The third-order valence-corrected chi connectivity index (χ3v) is 4.05. The number of carbonyl (C=O) groups excluding carboxylic acids is 1. The van der Waals surface area contributed by atoms with Gasteiger partial charge in [-0.1, -0.05) is 11.2 Å². The molecule has 1 aromatic carbocycles. The van der Waals surface area contributed by atoms with E-state index in [4.69, 9.17) is 4.74 Å². The molecule has 0 aliphatic heterocycles. The highest BCUT2D eigenvalue weighted by molar-refractivity contribution is 5.98. The van der Waals surface area contributed by atoms with Crippen molar-refractivity contribution in [1.82, 2.24) is 20.9 Å². The average molecular weight is 379 g/mol. The van der Waals surface area contributed by atoms with Gasteiger partial charge in [0.2, 0.25) is 17.4 Å². The zero-order chi connectivity index (χ0) is 19.4. The molecule has 11 heteroatoms. The van der Waals surface area contributed by atoms with Crippen molar-refractivity contribution in [2.75, 3.05) is 13.2 Å². The van der Waals surface area contributed by atoms with Crippen LogP contribution in [0.15, 0.2) is 28.0 Å². The molecule has 10 nitrogen and oxygen atoms in total. The van der Waals surface area contributed by atoms with Crippen LogP contribution in [0.2, 0.25) is 0 Å². The lowest BCUT2D eigenvalue weighted by Gasteiger charge is -2.31. The van der Waals surface area contributed by atoms with Crippen LogP contribution in [-0.2, 0) is 11.2 Å². The molecule has 0 fully saturated rings. The summed E-state index contributed by atoms with van der Waals surface area (Å²) in [5.41, 5.74) is 1.74. The number of hydrogen-bond donors (Lipinski definition) is 4. The summed E-state index contributed by atoms with van der Waals surface area (Å²) in [6.45, 7) is 0.864. The van der Waals surface area contributed by atoms with Gasteiger partial charge in [0.15, 0.2) is 0 Å². The largest absolute Gasteiger partial charge is 0.472 e. The first-order valence-electron chi connectivity index (χ1n) is 8.12. The minimum Gasteiger partial charge on any atom is -0.472 e. The van der Waals surface area contributed by atoms with Crippen LogP contribution >= 0.6 is 0 Å². The molecule has 1 aromatic heterocycles. The molecule has 4 N–H and O–H groups in total. The van der Waals surface area contributed by atoms with Gasteiger partial charge in [0.25, 0.3) is 5.88 Å². The zero-order valence-electron chi connectivity index (χ0n) is 14.3. The zero-order valence-corrected chi connectivity index (χ0v) is 14.3. The molecule has 2 aromatic rings. The Morgan fingerprint density at radius 1 is 1.52 bits per heavy atom. The molecule has 144 valence electrons. The van der Waals surface area contributed by atoms with E-state index in [-0.39, 0.29) is 48.4 Å². The molecule has 2 atom stereocenters.